The highest BCUT2D eigenvalue weighted by molar-refractivity contribution is 8.00. The summed E-state index contributed by atoms with van der Waals surface area (Å²) in [5.74, 6) is 0.975. The Morgan fingerprint density at radius 3 is 2.95 bits per heavy atom. The minimum absolute atomic E-state index is 0.0165. The van der Waals surface area contributed by atoms with Crippen molar-refractivity contribution in [3.05, 3.63) is 29.8 Å². The molecule has 0 spiro atoms. The van der Waals surface area contributed by atoms with Crippen LogP contribution in [0.3, 0.4) is 0 Å². The summed E-state index contributed by atoms with van der Waals surface area (Å²) < 4.78 is 5.34. The average Bonchev–Trinajstić information content (AvgIpc) is 2.80. The van der Waals surface area contributed by atoms with Crippen molar-refractivity contribution < 1.29 is 14.3 Å². The lowest BCUT2D eigenvalue weighted by atomic mass is 10.2. The molecule has 0 radical (unpaired) electrons. The molecule has 0 saturated carbocycles. The Balaban J connectivity index is 2.21. The van der Waals surface area contributed by atoms with Crippen LogP contribution in [0.4, 0.5) is 0 Å². The first-order chi connectivity index (χ1) is 9.67. The molecule has 0 aliphatic carbocycles. The van der Waals surface area contributed by atoms with E-state index >= 15 is 0 Å². The van der Waals surface area contributed by atoms with E-state index < -0.39 is 0 Å². The second-order valence-electron chi connectivity index (χ2n) is 4.38. The zero-order chi connectivity index (χ0) is 14.5. The molecule has 1 aliphatic rings. The fraction of sp³-hybridized carbons (Fsp3) is 0.429. The van der Waals surface area contributed by atoms with Crippen molar-refractivity contribution in [1.82, 2.24) is 10.2 Å². The molecule has 5 nitrogen and oxygen atoms in total. The Kier molecular flexibility index (Phi) is 4.89. The van der Waals surface area contributed by atoms with Crippen LogP contribution < -0.4 is 10.1 Å². The second-order valence-corrected chi connectivity index (χ2v) is 5.45. The lowest BCUT2D eigenvalue weighted by Gasteiger charge is -2.24. The molecule has 1 N–H and O–H groups in total. The van der Waals surface area contributed by atoms with Gasteiger partial charge in [-0.2, -0.15) is 0 Å². The van der Waals surface area contributed by atoms with Crippen LogP contribution in [0.1, 0.15) is 17.9 Å². The number of nitrogens with one attached hydrogen (secondary N) is 1. The highest BCUT2D eigenvalue weighted by Crippen LogP contribution is 2.41. The lowest BCUT2D eigenvalue weighted by Crippen LogP contribution is -2.39. The molecular formula is C14H18N2O3S. The number of methoxy groups -OCH3 is 1. The van der Waals surface area contributed by atoms with Gasteiger partial charge in [-0.1, -0.05) is 18.2 Å². The Hall–Kier alpha value is -1.69. The van der Waals surface area contributed by atoms with E-state index in [4.69, 9.17) is 4.74 Å². The van der Waals surface area contributed by atoms with Gasteiger partial charge in [0.1, 0.15) is 17.7 Å². The Morgan fingerprint density at radius 2 is 2.25 bits per heavy atom. The third-order valence-corrected chi connectivity index (χ3v) is 4.30. The van der Waals surface area contributed by atoms with Crippen LogP contribution >= 0.6 is 11.8 Å². The van der Waals surface area contributed by atoms with Crippen molar-refractivity contribution in [2.75, 3.05) is 26.0 Å². The van der Waals surface area contributed by atoms with Crippen molar-refractivity contribution >= 4 is 23.6 Å². The van der Waals surface area contributed by atoms with Gasteiger partial charge < -0.3 is 15.0 Å². The summed E-state index contributed by atoms with van der Waals surface area (Å²) in [6.07, 6.45) is 0. The van der Waals surface area contributed by atoms with E-state index in [9.17, 15) is 9.59 Å². The number of ether oxygens (including phenoxy) is 1. The van der Waals surface area contributed by atoms with Crippen LogP contribution in [0, 0.1) is 0 Å². The van der Waals surface area contributed by atoms with Gasteiger partial charge in [-0.05, 0) is 13.0 Å². The van der Waals surface area contributed by atoms with Crippen LogP contribution in [-0.2, 0) is 9.59 Å². The molecule has 1 aromatic carbocycles. The van der Waals surface area contributed by atoms with Gasteiger partial charge in [0.25, 0.3) is 0 Å². The first-order valence-corrected chi connectivity index (χ1v) is 7.53. The van der Waals surface area contributed by atoms with E-state index in [-0.39, 0.29) is 23.7 Å². The Bertz CT molecular complexity index is 507. The molecule has 1 atom stereocenters. The fourth-order valence-corrected chi connectivity index (χ4v) is 3.37. The minimum Gasteiger partial charge on any atom is -0.496 e. The molecular weight excluding hydrogens is 276 g/mol. The van der Waals surface area contributed by atoms with Gasteiger partial charge in [-0.3, -0.25) is 9.59 Å². The smallest absolute Gasteiger partial charge is 0.239 e. The van der Waals surface area contributed by atoms with Crippen LogP contribution in [0.2, 0.25) is 0 Å². The van der Waals surface area contributed by atoms with E-state index in [0.29, 0.717) is 12.3 Å². The molecule has 2 amide bonds. The number of thioether (sulfide) groups is 1. The molecule has 1 aliphatic heterocycles. The summed E-state index contributed by atoms with van der Waals surface area (Å²) in [7, 11) is 1.61. The molecule has 108 valence electrons. The molecule has 20 heavy (non-hydrogen) atoms. The van der Waals surface area contributed by atoms with Gasteiger partial charge in [0.2, 0.25) is 11.8 Å². The molecule has 1 saturated heterocycles. The third kappa shape index (κ3) is 3.07. The van der Waals surface area contributed by atoms with Gasteiger partial charge in [-0.15, -0.1) is 11.8 Å². The summed E-state index contributed by atoms with van der Waals surface area (Å²) in [6, 6.07) is 7.59. The molecule has 0 aromatic heterocycles. The first kappa shape index (κ1) is 14.7. The first-order valence-electron chi connectivity index (χ1n) is 6.48. The predicted molar refractivity (Wildman–Crippen MR) is 78.6 cm³/mol. The van der Waals surface area contributed by atoms with E-state index in [1.54, 1.807) is 12.0 Å². The van der Waals surface area contributed by atoms with Crippen molar-refractivity contribution in [3.8, 4) is 5.75 Å². The molecule has 1 unspecified atom stereocenters. The van der Waals surface area contributed by atoms with Gasteiger partial charge in [0.15, 0.2) is 0 Å². The normalized spacial score (nSPS) is 18.2. The standard InChI is InChI=1S/C14H18N2O3S/c1-3-15-12(17)8-16-13(18)9-20-14(16)10-6-4-5-7-11(10)19-2/h4-7,14H,3,8-9H2,1-2H3,(H,15,17). The fourth-order valence-electron chi connectivity index (χ4n) is 2.16. The number of para-hydroxylation sites is 1. The number of amides is 2. The number of likely N-dealkylation sites (N-methyl/N-ethyl adjacent to an activating group) is 1. The summed E-state index contributed by atoms with van der Waals surface area (Å²) in [5, 5.41) is 2.55. The van der Waals surface area contributed by atoms with Gasteiger partial charge >= 0.3 is 0 Å². The van der Waals surface area contributed by atoms with E-state index in [1.165, 1.54) is 11.8 Å². The highest BCUT2D eigenvalue weighted by atomic mass is 32.2. The minimum atomic E-state index is -0.166. The molecule has 1 aromatic rings. The number of hydrogen-bond acceptors (Lipinski definition) is 4. The number of carbonyl (C=O) groups is 2. The number of hydrogen-bond donors (Lipinski definition) is 1. The maximum absolute atomic E-state index is 12.0. The molecule has 6 heteroatoms. The lowest BCUT2D eigenvalue weighted by molar-refractivity contribution is -0.133. The van der Waals surface area contributed by atoms with E-state index in [1.807, 2.05) is 31.2 Å². The largest absolute Gasteiger partial charge is 0.496 e. The summed E-state index contributed by atoms with van der Waals surface area (Å²) >= 11 is 1.52. The van der Waals surface area contributed by atoms with Crippen molar-refractivity contribution in [2.24, 2.45) is 0 Å². The summed E-state index contributed by atoms with van der Waals surface area (Å²) in [5.41, 5.74) is 0.926. The van der Waals surface area contributed by atoms with Crippen LogP contribution in [-0.4, -0.2) is 42.7 Å². The van der Waals surface area contributed by atoms with Gasteiger partial charge in [0, 0.05) is 12.1 Å². The molecule has 1 heterocycles. The van der Waals surface area contributed by atoms with Crippen LogP contribution in [0.25, 0.3) is 0 Å². The third-order valence-electron chi connectivity index (χ3n) is 3.06. The molecule has 2 rings (SSSR count). The monoisotopic (exact) mass is 294 g/mol. The predicted octanol–water partition coefficient (Wildman–Crippen LogP) is 1.41. The Labute approximate surface area is 122 Å². The van der Waals surface area contributed by atoms with Crippen molar-refractivity contribution in [3.63, 3.8) is 0 Å². The summed E-state index contributed by atoms with van der Waals surface area (Å²) in [6.45, 7) is 2.51. The van der Waals surface area contributed by atoms with Crippen molar-refractivity contribution in [2.45, 2.75) is 12.3 Å². The van der Waals surface area contributed by atoms with Gasteiger partial charge in [0.05, 0.1) is 12.9 Å². The summed E-state index contributed by atoms with van der Waals surface area (Å²) in [4.78, 5) is 25.3. The van der Waals surface area contributed by atoms with Gasteiger partial charge in [-0.25, -0.2) is 0 Å². The van der Waals surface area contributed by atoms with Crippen molar-refractivity contribution in [1.29, 1.82) is 0 Å². The maximum Gasteiger partial charge on any atom is 0.239 e. The number of rotatable bonds is 5. The maximum atomic E-state index is 12.0. The average molecular weight is 294 g/mol. The molecule has 0 bridgehead atoms. The van der Waals surface area contributed by atoms with Crippen LogP contribution in [0.5, 0.6) is 5.75 Å². The number of carbonyl (C=O) groups excluding carboxylic acids is 2. The van der Waals surface area contributed by atoms with E-state index in [0.717, 1.165) is 11.3 Å². The quantitative estimate of drug-likeness (QED) is 0.892. The molecule has 1 fully saturated rings. The number of benzene rings is 1. The zero-order valence-corrected chi connectivity index (χ0v) is 12.4. The van der Waals surface area contributed by atoms with E-state index in [2.05, 4.69) is 5.32 Å². The SMILES string of the molecule is CCNC(=O)CN1C(=O)CSC1c1ccccc1OC. The topological polar surface area (TPSA) is 58.6 Å². The zero-order valence-electron chi connectivity index (χ0n) is 11.6. The highest BCUT2D eigenvalue weighted by Gasteiger charge is 2.35. The second kappa shape index (κ2) is 6.65. The number of nitrogens with zero attached hydrogens (tertiary/aromatic N) is 1. The Morgan fingerprint density at radius 1 is 1.50 bits per heavy atom. The van der Waals surface area contributed by atoms with Crippen LogP contribution in [0.15, 0.2) is 24.3 Å².